The van der Waals surface area contributed by atoms with Gasteiger partial charge in [-0.3, -0.25) is 19.3 Å². The number of methoxy groups -OCH3 is 1. The third kappa shape index (κ3) is 4.10. The number of carbonyl (C=O) groups is 4. The molecular formula is C23H23NO6. The van der Waals surface area contributed by atoms with Crippen LogP contribution in [0.25, 0.3) is 0 Å². The van der Waals surface area contributed by atoms with Crippen LogP contribution >= 0.6 is 0 Å². The molecular weight excluding hydrogens is 386 g/mol. The van der Waals surface area contributed by atoms with Crippen molar-refractivity contribution in [1.29, 1.82) is 0 Å². The molecule has 0 bridgehead atoms. The number of amides is 2. The number of fused-ring (bicyclic) bond motifs is 1. The van der Waals surface area contributed by atoms with E-state index in [1.165, 1.54) is 7.11 Å². The minimum Gasteiger partial charge on any atom is -0.496 e. The van der Waals surface area contributed by atoms with Crippen molar-refractivity contribution in [3.05, 3.63) is 65.2 Å². The predicted molar refractivity (Wildman–Crippen MR) is 108 cm³/mol. The minimum atomic E-state index is -1.11. The summed E-state index contributed by atoms with van der Waals surface area (Å²) < 4.78 is 10.4. The van der Waals surface area contributed by atoms with Crippen molar-refractivity contribution in [3.63, 3.8) is 0 Å². The molecule has 2 amide bonds. The van der Waals surface area contributed by atoms with E-state index in [1.807, 2.05) is 13.8 Å². The highest BCUT2D eigenvalue weighted by atomic mass is 16.5. The number of hydrogen-bond donors (Lipinski definition) is 0. The van der Waals surface area contributed by atoms with Gasteiger partial charge in [-0.15, -0.1) is 0 Å². The third-order valence-electron chi connectivity index (χ3n) is 4.86. The molecule has 7 heteroatoms. The highest BCUT2D eigenvalue weighted by Crippen LogP contribution is 2.27. The van der Waals surface area contributed by atoms with Crippen LogP contribution in [-0.2, 0) is 9.53 Å². The molecule has 2 aromatic carbocycles. The Morgan fingerprint density at radius 1 is 0.933 bits per heavy atom. The number of para-hydroxylation sites is 1. The summed E-state index contributed by atoms with van der Waals surface area (Å²) in [7, 11) is 1.44. The number of benzene rings is 2. The molecule has 7 nitrogen and oxygen atoms in total. The molecule has 30 heavy (non-hydrogen) atoms. The Hall–Kier alpha value is -3.48. The molecule has 0 spiro atoms. The number of ether oxygens (including phenoxy) is 2. The fraction of sp³-hybridized carbons (Fsp3) is 0.304. The normalized spacial score (nSPS) is 13.9. The Morgan fingerprint density at radius 2 is 1.50 bits per heavy atom. The number of nitrogens with zero attached hydrogens (tertiary/aromatic N) is 1. The first-order valence-electron chi connectivity index (χ1n) is 9.65. The maximum absolute atomic E-state index is 12.8. The fourth-order valence-corrected chi connectivity index (χ4v) is 3.43. The van der Waals surface area contributed by atoms with E-state index < -0.39 is 36.2 Å². The molecule has 1 aliphatic rings. The molecule has 0 aromatic heterocycles. The first kappa shape index (κ1) is 21.2. The summed E-state index contributed by atoms with van der Waals surface area (Å²) in [5.74, 6) is -1.91. The van der Waals surface area contributed by atoms with Gasteiger partial charge in [0, 0.05) is 0 Å². The van der Waals surface area contributed by atoms with Gasteiger partial charge in [-0.2, -0.15) is 0 Å². The van der Waals surface area contributed by atoms with Gasteiger partial charge in [-0.1, -0.05) is 38.1 Å². The minimum absolute atomic E-state index is 0.0109. The number of imide groups is 1. The van der Waals surface area contributed by atoms with Crippen molar-refractivity contribution >= 4 is 23.6 Å². The van der Waals surface area contributed by atoms with Gasteiger partial charge in [0.05, 0.1) is 23.8 Å². The summed E-state index contributed by atoms with van der Waals surface area (Å²) in [6, 6.07) is 11.9. The van der Waals surface area contributed by atoms with Crippen LogP contribution in [0.3, 0.4) is 0 Å². The lowest BCUT2D eigenvalue weighted by atomic mass is 10.0. The molecule has 156 valence electrons. The van der Waals surface area contributed by atoms with E-state index in [0.717, 1.165) is 4.90 Å². The number of carbonyl (C=O) groups excluding carboxylic acids is 4. The summed E-state index contributed by atoms with van der Waals surface area (Å²) in [6.45, 7) is 3.23. The van der Waals surface area contributed by atoms with Crippen molar-refractivity contribution in [2.75, 3.05) is 13.7 Å². The molecule has 0 aliphatic carbocycles. The summed E-state index contributed by atoms with van der Waals surface area (Å²) >= 11 is 0. The van der Waals surface area contributed by atoms with Crippen molar-refractivity contribution in [2.24, 2.45) is 5.92 Å². The number of rotatable bonds is 8. The van der Waals surface area contributed by atoms with Crippen LogP contribution < -0.4 is 4.74 Å². The molecule has 2 aromatic rings. The Kier molecular flexibility index (Phi) is 6.30. The smallest absolute Gasteiger partial charge is 0.329 e. The van der Waals surface area contributed by atoms with E-state index >= 15 is 0 Å². The maximum Gasteiger partial charge on any atom is 0.329 e. The van der Waals surface area contributed by atoms with Crippen LogP contribution in [0.2, 0.25) is 0 Å². The van der Waals surface area contributed by atoms with Crippen molar-refractivity contribution in [3.8, 4) is 5.75 Å². The van der Waals surface area contributed by atoms with Gasteiger partial charge in [0.1, 0.15) is 11.8 Å². The monoisotopic (exact) mass is 409 g/mol. The topological polar surface area (TPSA) is 90.0 Å². The number of hydrogen-bond acceptors (Lipinski definition) is 6. The third-order valence-corrected chi connectivity index (χ3v) is 4.86. The average Bonchev–Trinajstić information content (AvgIpc) is 3.00. The average molecular weight is 409 g/mol. The standard InChI is InChI=1S/C23H23NO6/c1-14(2)12-18(24-21(26)15-8-4-5-9-16(15)22(24)27)23(28)30-13-19(25)17-10-6-7-11-20(17)29-3/h4-11,14,18H,12-13H2,1-3H3/t18-/m1/s1. The SMILES string of the molecule is COc1ccccc1C(=O)COC(=O)[C@@H](CC(C)C)N1C(=O)c2ccccc2C1=O. The van der Waals surface area contributed by atoms with Gasteiger partial charge < -0.3 is 9.47 Å². The van der Waals surface area contributed by atoms with Gasteiger partial charge in [0.2, 0.25) is 5.78 Å². The largest absolute Gasteiger partial charge is 0.496 e. The molecule has 0 N–H and O–H groups in total. The van der Waals surface area contributed by atoms with E-state index in [2.05, 4.69) is 0 Å². The summed E-state index contributed by atoms with van der Waals surface area (Å²) in [4.78, 5) is 51.9. The lowest BCUT2D eigenvalue weighted by Gasteiger charge is -2.25. The molecule has 0 saturated heterocycles. The van der Waals surface area contributed by atoms with Gasteiger partial charge >= 0.3 is 5.97 Å². The zero-order chi connectivity index (χ0) is 21.8. The van der Waals surface area contributed by atoms with Crippen LogP contribution in [0.1, 0.15) is 51.3 Å². The van der Waals surface area contributed by atoms with E-state index in [9.17, 15) is 19.2 Å². The van der Waals surface area contributed by atoms with Gasteiger partial charge in [-0.05, 0) is 36.6 Å². The lowest BCUT2D eigenvalue weighted by Crippen LogP contribution is -2.46. The molecule has 3 rings (SSSR count). The molecule has 0 fully saturated rings. The summed E-state index contributed by atoms with van der Waals surface area (Å²) in [5, 5.41) is 0. The zero-order valence-electron chi connectivity index (χ0n) is 17.1. The Labute approximate surface area is 174 Å². The molecule has 0 unspecified atom stereocenters. The van der Waals surface area contributed by atoms with Crippen LogP contribution in [-0.4, -0.2) is 48.2 Å². The molecule has 0 saturated carbocycles. The quantitative estimate of drug-likeness (QED) is 0.378. The first-order chi connectivity index (χ1) is 14.3. The van der Waals surface area contributed by atoms with Crippen LogP contribution in [0, 0.1) is 5.92 Å². The molecule has 1 heterocycles. The number of esters is 1. The predicted octanol–water partition coefficient (Wildman–Crippen LogP) is 3.13. The molecule has 0 radical (unpaired) electrons. The Balaban J connectivity index is 1.78. The second-order valence-electron chi connectivity index (χ2n) is 7.40. The maximum atomic E-state index is 12.8. The Bertz CT molecular complexity index is 962. The van der Waals surface area contributed by atoms with Crippen LogP contribution in [0.4, 0.5) is 0 Å². The number of Topliss-reactive ketones (excluding diaryl/α,β-unsaturated/α-hetero) is 1. The lowest BCUT2D eigenvalue weighted by molar-refractivity contribution is -0.147. The van der Waals surface area contributed by atoms with E-state index in [0.29, 0.717) is 5.75 Å². The van der Waals surface area contributed by atoms with E-state index in [4.69, 9.17) is 9.47 Å². The second-order valence-corrected chi connectivity index (χ2v) is 7.40. The van der Waals surface area contributed by atoms with Crippen LogP contribution in [0.5, 0.6) is 5.75 Å². The van der Waals surface area contributed by atoms with Crippen LogP contribution in [0.15, 0.2) is 48.5 Å². The first-order valence-corrected chi connectivity index (χ1v) is 9.65. The van der Waals surface area contributed by atoms with Crippen molar-refractivity contribution in [2.45, 2.75) is 26.3 Å². The van der Waals surface area contributed by atoms with Gasteiger partial charge in [0.15, 0.2) is 6.61 Å². The molecule has 1 aliphatic heterocycles. The number of ketones is 1. The van der Waals surface area contributed by atoms with Gasteiger partial charge in [-0.25, -0.2) is 4.79 Å². The Morgan fingerprint density at radius 3 is 2.07 bits per heavy atom. The van der Waals surface area contributed by atoms with E-state index in [1.54, 1.807) is 48.5 Å². The fourth-order valence-electron chi connectivity index (χ4n) is 3.43. The van der Waals surface area contributed by atoms with E-state index in [-0.39, 0.29) is 29.0 Å². The summed E-state index contributed by atoms with van der Waals surface area (Å²) in [5.41, 5.74) is 0.803. The highest BCUT2D eigenvalue weighted by molar-refractivity contribution is 6.22. The zero-order valence-corrected chi connectivity index (χ0v) is 17.1. The van der Waals surface area contributed by atoms with Crippen molar-refractivity contribution in [1.82, 2.24) is 4.90 Å². The summed E-state index contributed by atoms with van der Waals surface area (Å²) in [6.07, 6.45) is 0.229. The van der Waals surface area contributed by atoms with Crippen molar-refractivity contribution < 1.29 is 28.7 Å². The highest BCUT2D eigenvalue weighted by Gasteiger charge is 2.43. The second kappa shape index (κ2) is 8.90. The molecule has 1 atom stereocenters. The van der Waals surface area contributed by atoms with Gasteiger partial charge in [0.25, 0.3) is 11.8 Å².